The number of aliphatic carboxylic acids is 1. The first kappa shape index (κ1) is 24.9. The van der Waals surface area contributed by atoms with Gasteiger partial charge < -0.3 is 20.1 Å². The highest BCUT2D eigenvalue weighted by atomic mass is 19.4. The van der Waals surface area contributed by atoms with E-state index in [0.717, 1.165) is 26.2 Å². The Hall–Kier alpha value is -2.34. The number of rotatable bonds is 5. The molecule has 0 aromatic carbocycles. The lowest BCUT2D eigenvalue weighted by atomic mass is 9.93. The molecule has 9 nitrogen and oxygen atoms in total. The molecule has 1 aromatic heterocycles. The first-order valence-electron chi connectivity index (χ1n) is 10.0. The Morgan fingerprint density at radius 1 is 1.35 bits per heavy atom. The number of hydrogen-bond donors (Lipinski definition) is 2. The van der Waals surface area contributed by atoms with Crippen molar-refractivity contribution in [2.24, 2.45) is 11.8 Å². The minimum absolute atomic E-state index is 0.0330. The van der Waals surface area contributed by atoms with Crippen LogP contribution < -0.4 is 5.32 Å². The minimum Gasteiger partial charge on any atom is -0.475 e. The summed E-state index contributed by atoms with van der Waals surface area (Å²) in [6, 6.07) is 0.360. The highest BCUT2D eigenvalue weighted by Crippen LogP contribution is 2.34. The average molecular weight is 449 g/mol. The van der Waals surface area contributed by atoms with E-state index in [1.807, 2.05) is 10.9 Å². The van der Waals surface area contributed by atoms with Crippen molar-refractivity contribution < 1.29 is 32.6 Å². The number of hydrogen-bond acceptors (Lipinski definition) is 5. The summed E-state index contributed by atoms with van der Waals surface area (Å²) >= 11 is 0. The van der Waals surface area contributed by atoms with Crippen molar-refractivity contribution in [2.75, 3.05) is 40.3 Å². The molecule has 0 saturated carbocycles. The second kappa shape index (κ2) is 10.3. The Labute approximate surface area is 179 Å². The number of alkyl halides is 3. The molecule has 0 unspecified atom stereocenters. The van der Waals surface area contributed by atoms with Gasteiger partial charge in [0.05, 0.1) is 18.9 Å². The summed E-state index contributed by atoms with van der Waals surface area (Å²) in [5, 5.41) is 14.5. The van der Waals surface area contributed by atoms with E-state index < -0.39 is 12.1 Å². The number of urea groups is 1. The summed E-state index contributed by atoms with van der Waals surface area (Å²) in [5.41, 5.74) is 1.25. The van der Waals surface area contributed by atoms with Gasteiger partial charge in [-0.2, -0.15) is 18.3 Å². The standard InChI is InChI=1S/C17H29N5O2.C2HF3O2/c1-12(2)22-8-13(5-19-22)7-21-9-15-14(11-24-16(15)10-21)6-18-17(23)20(3)4;3-2(4,5)1(6)7/h5,8,12,14-16H,6-7,9-11H2,1-4H3,(H,18,23);(H,6,7)/t14-,15+,16+;/m0./s1. The maximum atomic E-state index is 11.7. The molecule has 2 aliphatic rings. The van der Waals surface area contributed by atoms with Crippen molar-refractivity contribution in [3.63, 3.8) is 0 Å². The van der Waals surface area contributed by atoms with Gasteiger partial charge in [0.15, 0.2) is 0 Å². The Morgan fingerprint density at radius 3 is 2.52 bits per heavy atom. The lowest BCUT2D eigenvalue weighted by Crippen LogP contribution is -2.39. The summed E-state index contributed by atoms with van der Waals surface area (Å²) < 4.78 is 39.7. The third kappa shape index (κ3) is 7.10. The molecule has 0 aliphatic carbocycles. The highest BCUT2D eigenvalue weighted by Gasteiger charge is 2.43. The molecule has 3 heterocycles. The Balaban J connectivity index is 0.000000423. The maximum Gasteiger partial charge on any atom is 0.490 e. The van der Waals surface area contributed by atoms with Gasteiger partial charge in [0.2, 0.25) is 0 Å². The Kier molecular flexibility index (Phi) is 8.29. The zero-order valence-electron chi connectivity index (χ0n) is 18.1. The number of aromatic nitrogens is 2. The third-order valence-corrected chi connectivity index (χ3v) is 5.27. The van der Waals surface area contributed by atoms with E-state index in [2.05, 4.69) is 35.4 Å². The van der Waals surface area contributed by atoms with Crippen molar-refractivity contribution in [1.82, 2.24) is 24.9 Å². The second-order valence-electron chi connectivity index (χ2n) is 8.30. The number of likely N-dealkylation sites (tertiary alicyclic amines) is 1. The fourth-order valence-corrected chi connectivity index (χ4v) is 3.60. The first-order valence-corrected chi connectivity index (χ1v) is 10.0. The first-order chi connectivity index (χ1) is 14.4. The average Bonchev–Trinajstić information content (AvgIpc) is 3.36. The normalized spacial score (nSPS) is 23.3. The van der Waals surface area contributed by atoms with Crippen molar-refractivity contribution >= 4 is 12.0 Å². The molecule has 3 atom stereocenters. The molecule has 0 radical (unpaired) electrons. The fraction of sp³-hybridized carbons (Fsp3) is 0.737. The second-order valence-corrected chi connectivity index (χ2v) is 8.30. The quantitative estimate of drug-likeness (QED) is 0.712. The number of fused-ring (bicyclic) bond motifs is 1. The lowest BCUT2D eigenvalue weighted by molar-refractivity contribution is -0.192. The summed E-state index contributed by atoms with van der Waals surface area (Å²) in [6.45, 7) is 8.63. The number of carbonyl (C=O) groups excluding carboxylic acids is 1. The van der Waals surface area contributed by atoms with Gasteiger partial charge in [0, 0.05) is 69.9 Å². The fourth-order valence-electron chi connectivity index (χ4n) is 3.60. The molecule has 0 bridgehead atoms. The summed E-state index contributed by atoms with van der Waals surface area (Å²) in [6.07, 6.45) is -0.690. The van der Waals surface area contributed by atoms with E-state index in [0.29, 0.717) is 30.5 Å². The van der Waals surface area contributed by atoms with Crippen molar-refractivity contribution in [2.45, 2.75) is 38.7 Å². The number of amides is 2. The highest BCUT2D eigenvalue weighted by molar-refractivity contribution is 5.73. The molecule has 12 heteroatoms. The summed E-state index contributed by atoms with van der Waals surface area (Å²) in [7, 11) is 3.52. The zero-order valence-corrected chi connectivity index (χ0v) is 18.1. The number of nitrogens with one attached hydrogen (secondary N) is 1. The molecule has 2 amide bonds. The van der Waals surface area contributed by atoms with Crippen LogP contribution in [0, 0.1) is 11.8 Å². The molecular formula is C19H30F3N5O4. The number of nitrogens with zero attached hydrogens (tertiary/aromatic N) is 4. The SMILES string of the molecule is CC(C)n1cc(CN2C[C@@H]3[C@@H](CNC(=O)N(C)C)CO[C@@H]3C2)cn1.O=C(O)C(F)(F)F. The largest absolute Gasteiger partial charge is 0.490 e. The number of carboxylic acids is 1. The Morgan fingerprint density at radius 2 is 2.00 bits per heavy atom. The summed E-state index contributed by atoms with van der Waals surface area (Å²) in [5.74, 6) is -1.85. The van der Waals surface area contributed by atoms with E-state index in [9.17, 15) is 18.0 Å². The van der Waals surface area contributed by atoms with Gasteiger partial charge in [0.25, 0.3) is 0 Å². The van der Waals surface area contributed by atoms with Crippen LogP contribution in [0.5, 0.6) is 0 Å². The Bertz CT molecular complexity index is 753. The minimum atomic E-state index is -5.08. The predicted molar refractivity (Wildman–Crippen MR) is 105 cm³/mol. The lowest BCUT2D eigenvalue weighted by Gasteiger charge is -2.20. The molecule has 2 N–H and O–H groups in total. The van der Waals surface area contributed by atoms with Crippen molar-refractivity contribution in [1.29, 1.82) is 0 Å². The maximum absolute atomic E-state index is 11.7. The van der Waals surface area contributed by atoms with Gasteiger partial charge in [0.1, 0.15) is 0 Å². The molecule has 2 aliphatic heterocycles. The monoisotopic (exact) mass is 449 g/mol. The van der Waals surface area contributed by atoms with Gasteiger partial charge in [-0.1, -0.05) is 0 Å². The van der Waals surface area contributed by atoms with Crippen LogP contribution in [0.2, 0.25) is 0 Å². The van der Waals surface area contributed by atoms with Crippen LogP contribution >= 0.6 is 0 Å². The number of halogens is 3. The van der Waals surface area contributed by atoms with E-state index >= 15 is 0 Å². The zero-order chi connectivity index (χ0) is 23.3. The third-order valence-electron chi connectivity index (χ3n) is 5.27. The van der Waals surface area contributed by atoms with Crippen LogP contribution in [0.4, 0.5) is 18.0 Å². The van der Waals surface area contributed by atoms with Crippen LogP contribution in [0.15, 0.2) is 12.4 Å². The van der Waals surface area contributed by atoms with E-state index in [4.69, 9.17) is 14.6 Å². The summed E-state index contributed by atoms with van der Waals surface area (Å²) in [4.78, 5) is 24.6. The van der Waals surface area contributed by atoms with Gasteiger partial charge in [-0.05, 0) is 13.8 Å². The molecule has 2 saturated heterocycles. The number of carbonyl (C=O) groups is 2. The molecule has 3 rings (SSSR count). The van der Waals surface area contributed by atoms with Gasteiger partial charge in [-0.3, -0.25) is 9.58 Å². The van der Waals surface area contributed by atoms with Crippen molar-refractivity contribution in [3.8, 4) is 0 Å². The van der Waals surface area contributed by atoms with Crippen LogP contribution in [0.1, 0.15) is 25.5 Å². The van der Waals surface area contributed by atoms with E-state index in [-0.39, 0.29) is 6.03 Å². The predicted octanol–water partition coefficient (Wildman–Crippen LogP) is 1.82. The number of carboxylic acid groups (broad SMARTS) is 1. The van der Waals surface area contributed by atoms with Crippen LogP contribution in [0.25, 0.3) is 0 Å². The molecule has 31 heavy (non-hydrogen) atoms. The molecule has 176 valence electrons. The smallest absolute Gasteiger partial charge is 0.475 e. The van der Waals surface area contributed by atoms with E-state index in [1.54, 1.807) is 19.0 Å². The van der Waals surface area contributed by atoms with Gasteiger partial charge >= 0.3 is 18.2 Å². The van der Waals surface area contributed by atoms with Gasteiger partial charge in [-0.25, -0.2) is 9.59 Å². The molecular weight excluding hydrogens is 419 g/mol. The van der Waals surface area contributed by atoms with Crippen LogP contribution in [-0.2, 0) is 16.1 Å². The topological polar surface area (TPSA) is 99.9 Å². The molecule has 2 fully saturated rings. The molecule has 0 spiro atoms. The van der Waals surface area contributed by atoms with E-state index in [1.165, 1.54) is 5.56 Å². The van der Waals surface area contributed by atoms with Crippen molar-refractivity contribution in [3.05, 3.63) is 18.0 Å². The van der Waals surface area contributed by atoms with Crippen LogP contribution in [0.3, 0.4) is 0 Å². The molecule has 1 aromatic rings. The van der Waals surface area contributed by atoms with Crippen LogP contribution in [-0.4, -0.2) is 89.3 Å². The van der Waals surface area contributed by atoms with Gasteiger partial charge in [-0.15, -0.1) is 0 Å². The number of ether oxygens (including phenoxy) is 1.